The van der Waals surface area contributed by atoms with Crippen LogP contribution in [0.4, 0.5) is 5.69 Å². The lowest BCUT2D eigenvalue weighted by atomic mass is 10.3. The van der Waals surface area contributed by atoms with Crippen LogP contribution < -0.4 is 10.9 Å². The van der Waals surface area contributed by atoms with Crippen molar-refractivity contribution in [1.82, 2.24) is 9.36 Å². The molecule has 0 atom stereocenters. The molecule has 0 unspecified atom stereocenters. The Morgan fingerprint density at radius 1 is 1.18 bits per heavy atom. The van der Waals surface area contributed by atoms with Gasteiger partial charge in [0.2, 0.25) is 5.91 Å². The zero-order valence-corrected chi connectivity index (χ0v) is 12.1. The van der Waals surface area contributed by atoms with E-state index in [4.69, 9.17) is 5.11 Å². The maximum Gasteiger partial charge on any atom is 0.328 e. The monoisotopic (exact) mass is 301 g/mol. The number of aromatic nitrogens is 2. The highest BCUT2D eigenvalue weighted by atomic mass is 16.4. The second kappa shape index (κ2) is 6.13. The fraction of sp³-hybridized carbons (Fsp3) is 0.133. The van der Waals surface area contributed by atoms with Crippen LogP contribution in [0.1, 0.15) is 5.69 Å². The van der Waals surface area contributed by atoms with Crippen LogP contribution in [0, 0.1) is 6.92 Å². The minimum Gasteiger partial charge on any atom is -0.478 e. The minimum absolute atomic E-state index is 0.117. The normalized spacial score (nSPS) is 10.8. The van der Waals surface area contributed by atoms with Gasteiger partial charge in [-0.1, -0.05) is 18.2 Å². The highest BCUT2D eigenvalue weighted by molar-refractivity contribution is 6.02. The number of hydrogen-bond acceptors (Lipinski definition) is 3. The van der Waals surface area contributed by atoms with E-state index in [9.17, 15) is 14.4 Å². The van der Waals surface area contributed by atoms with Crippen LogP contribution in [0.15, 0.2) is 47.3 Å². The number of aliphatic carboxylic acids is 1. The molecule has 0 spiro atoms. The Hall–Kier alpha value is -3.09. The summed E-state index contributed by atoms with van der Waals surface area (Å²) in [5.74, 6) is -1.91. The molecule has 1 amide bonds. The summed E-state index contributed by atoms with van der Waals surface area (Å²) in [6, 6.07) is 9.21. The van der Waals surface area contributed by atoms with Gasteiger partial charge < -0.3 is 10.4 Å². The first-order valence-electron chi connectivity index (χ1n) is 6.48. The molecule has 2 rings (SSSR count). The number of nitrogens with zero attached hydrogens (tertiary/aromatic N) is 2. The van der Waals surface area contributed by atoms with Gasteiger partial charge in [-0.15, -0.1) is 0 Å². The molecule has 0 aliphatic carbocycles. The first kappa shape index (κ1) is 15.3. The summed E-state index contributed by atoms with van der Waals surface area (Å²) in [6.45, 7) is 1.70. The van der Waals surface area contributed by atoms with Crippen molar-refractivity contribution in [2.24, 2.45) is 7.05 Å². The second-order valence-corrected chi connectivity index (χ2v) is 4.60. The molecule has 1 heterocycles. The van der Waals surface area contributed by atoms with Crippen molar-refractivity contribution in [3.05, 3.63) is 58.5 Å². The van der Waals surface area contributed by atoms with E-state index in [0.29, 0.717) is 11.8 Å². The standard InChI is InChI=1S/C15H15N3O4/c1-10-14(16-12(19)8-9-13(20)21)15(22)17(2)18(10)11-6-4-3-5-7-11/h3-9H,1-2H3,(H,16,19)(H,20,21)/b9-8-. The predicted molar refractivity (Wildman–Crippen MR) is 81.2 cm³/mol. The van der Waals surface area contributed by atoms with E-state index >= 15 is 0 Å². The molecule has 1 aromatic carbocycles. The predicted octanol–water partition coefficient (Wildman–Crippen LogP) is 1.06. The van der Waals surface area contributed by atoms with Crippen molar-refractivity contribution < 1.29 is 14.7 Å². The van der Waals surface area contributed by atoms with E-state index in [1.807, 2.05) is 30.3 Å². The minimum atomic E-state index is -1.23. The number of carboxylic acid groups (broad SMARTS) is 1. The lowest BCUT2D eigenvalue weighted by Crippen LogP contribution is -2.21. The highest BCUT2D eigenvalue weighted by Crippen LogP contribution is 2.16. The molecule has 0 saturated carbocycles. The number of nitrogens with one attached hydrogen (secondary N) is 1. The summed E-state index contributed by atoms with van der Waals surface area (Å²) in [5, 5.41) is 10.9. The van der Waals surface area contributed by atoms with Gasteiger partial charge in [-0.05, 0) is 19.1 Å². The van der Waals surface area contributed by atoms with Crippen LogP contribution in [0.5, 0.6) is 0 Å². The van der Waals surface area contributed by atoms with Crippen LogP contribution in [-0.4, -0.2) is 26.3 Å². The van der Waals surface area contributed by atoms with Crippen molar-refractivity contribution in [3.63, 3.8) is 0 Å². The van der Waals surface area contributed by atoms with Crippen LogP contribution in [0.3, 0.4) is 0 Å². The Kier molecular flexibility index (Phi) is 4.26. The van der Waals surface area contributed by atoms with Crippen LogP contribution in [0.25, 0.3) is 5.69 Å². The Morgan fingerprint density at radius 2 is 1.82 bits per heavy atom. The first-order valence-corrected chi connectivity index (χ1v) is 6.48. The molecule has 114 valence electrons. The maximum absolute atomic E-state index is 12.2. The molecule has 2 aromatic rings. The summed E-state index contributed by atoms with van der Waals surface area (Å²) >= 11 is 0. The van der Waals surface area contributed by atoms with Gasteiger partial charge in [0.1, 0.15) is 5.69 Å². The van der Waals surface area contributed by atoms with Crippen LogP contribution in [0.2, 0.25) is 0 Å². The summed E-state index contributed by atoms with van der Waals surface area (Å²) in [5.41, 5.74) is 1.07. The Morgan fingerprint density at radius 3 is 2.41 bits per heavy atom. The summed E-state index contributed by atoms with van der Waals surface area (Å²) in [6.07, 6.45) is 1.57. The van der Waals surface area contributed by atoms with Gasteiger partial charge in [-0.25, -0.2) is 9.48 Å². The molecule has 0 aliphatic heterocycles. The fourth-order valence-electron chi connectivity index (χ4n) is 2.13. The summed E-state index contributed by atoms with van der Waals surface area (Å²) in [7, 11) is 1.59. The Balaban J connectivity index is 2.41. The average Bonchev–Trinajstić information content (AvgIpc) is 2.70. The van der Waals surface area contributed by atoms with Crippen molar-refractivity contribution in [1.29, 1.82) is 0 Å². The molecule has 22 heavy (non-hydrogen) atoms. The SMILES string of the molecule is Cc1c(NC(=O)/C=C\C(=O)O)c(=O)n(C)n1-c1ccccc1. The largest absolute Gasteiger partial charge is 0.478 e. The number of carbonyl (C=O) groups is 2. The van der Waals surface area contributed by atoms with Crippen molar-refractivity contribution in [2.75, 3.05) is 5.32 Å². The van der Waals surface area contributed by atoms with Gasteiger partial charge in [-0.3, -0.25) is 14.3 Å². The second-order valence-electron chi connectivity index (χ2n) is 4.60. The van der Waals surface area contributed by atoms with Crippen LogP contribution in [-0.2, 0) is 16.6 Å². The molecule has 2 N–H and O–H groups in total. The molecule has 7 nitrogen and oxygen atoms in total. The van der Waals surface area contributed by atoms with E-state index in [1.54, 1.807) is 18.7 Å². The molecule has 0 saturated heterocycles. The Bertz CT molecular complexity index is 800. The van der Waals surface area contributed by atoms with E-state index in [-0.39, 0.29) is 11.2 Å². The average molecular weight is 301 g/mol. The third-order valence-corrected chi connectivity index (χ3v) is 3.11. The number of hydrogen-bond donors (Lipinski definition) is 2. The lowest BCUT2D eigenvalue weighted by molar-refractivity contribution is -0.131. The molecular formula is C15H15N3O4. The summed E-state index contributed by atoms with van der Waals surface area (Å²) < 4.78 is 3.04. The molecule has 0 bridgehead atoms. The molecule has 0 fully saturated rings. The Labute approximate surface area is 126 Å². The number of anilines is 1. The fourth-order valence-corrected chi connectivity index (χ4v) is 2.13. The number of carboxylic acids is 1. The highest BCUT2D eigenvalue weighted by Gasteiger charge is 2.17. The molecular weight excluding hydrogens is 286 g/mol. The van der Waals surface area contributed by atoms with E-state index < -0.39 is 11.9 Å². The zero-order chi connectivity index (χ0) is 16.3. The van der Waals surface area contributed by atoms with Gasteiger partial charge in [0, 0.05) is 19.2 Å². The van der Waals surface area contributed by atoms with Gasteiger partial charge in [0.25, 0.3) is 5.56 Å². The number of carbonyl (C=O) groups excluding carboxylic acids is 1. The molecule has 0 radical (unpaired) electrons. The van der Waals surface area contributed by atoms with Gasteiger partial charge in [-0.2, -0.15) is 0 Å². The van der Waals surface area contributed by atoms with Crippen molar-refractivity contribution in [3.8, 4) is 5.69 Å². The molecule has 0 aliphatic rings. The first-order chi connectivity index (χ1) is 10.4. The van der Waals surface area contributed by atoms with E-state index in [1.165, 1.54) is 4.68 Å². The maximum atomic E-state index is 12.2. The smallest absolute Gasteiger partial charge is 0.328 e. The molecule has 7 heteroatoms. The van der Waals surface area contributed by atoms with Crippen molar-refractivity contribution >= 4 is 17.6 Å². The third kappa shape index (κ3) is 2.98. The van der Waals surface area contributed by atoms with E-state index in [2.05, 4.69) is 5.32 Å². The third-order valence-electron chi connectivity index (χ3n) is 3.11. The number of rotatable bonds is 4. The zero-order valence-electron chi connectivity index (χ0n) is 12.1. The number of para-hydroxylation sites is 1. The number of benzene rings is 1. The molecule has 1 aromatic heterocycles. The summed E-state index contributed by atoms with van der Waals surface area (Å²) in [4.78, 5) is 34.3. The topological polar surface area (TPSA) is 93.3 Å². The van der Waals surface area contributed by atoms with Crippen LogP contribution >= 0.6 is 0 Å². The van der Waals surface area contributed by atoms with Gasteiger partial charge >= 0.3 is 5.97 Å². The quantitative estimate of drug-likeness (QED) is 0.826. The van der Waals surface area contributed by atoms with Crippen molar-refractivity contribution in [2.45, 2.75) is 6.92 Å². The lowest BCUT2D eigenvalue weighted by Gasteiger charge is -2.09. The van der Waals surface area contributed by atoms with Gasteiger partial charge in [0.15, 0.2) is 0 Å². The van der Waals surface area contributed by atoms with Gasteiger partial charge in [0.05, 0.1) is 11.4 Å². The van der Waals surface area contributed by atoms with E-state index in [0.717, 1.165) is 11.8 Å². The number of amides is 1.